The fourth-order valence-corrected chi connectivity index (χ4v) is 3.19. The van der Waals surface area contributed by atoms with E-state index in [1.807, 2.05) is 0 Å². The molecule has 1 aromatic carbocycles. The number of ether oxygens (including phenoxy) is 1. The predicted octanol–water partition coefficient (Wildman–Crippen LogP) is 4.26. The highest BCUT2D eigenvalue weighted by atomic mass is 16.5. The Labute approximate surface area is 124 Å². The highest BCUT2D eigenvalue weighted by molar-refractivity contribution is 5.42. The van der Waals surface area contributed by atoms with Gasteiger partial charge in [-0.3, -0.25) is 0 Å². The van der Waals surface area contributed by atoms with Crippen molar-refractivity contribution in [3.05, 3.63) is 28.8 Å². The number of benzene rings is 1. The minimum atomic E-state index is 0.846. The molecule has 0 spiro atoms. The lowest BCUT2D eigenvalue weighted by Gasteiger charge is -2.26. The van der Waals surface area contributed by atoms with Crippen LogP contribution in [0.3, 0.4) is 0 Å². The first-order valence-electron chi connectivity index (χ1n) is 8.10. The molecule has 0 radical (unpaired) electrons. The highest BCUT2D eigenvalue weighted by Crippen LogP contribution is 2.24. The molecule has 0 aromatic heterocycles. The fraction of sp³-hybridized carbons (Fsp3) is 0.667. The molecule has 0 unspecified atom stereocenters. The Morgan fingerprint density at radius 2 is 1.60 bits per heavy atom. The molecule has 2 rings (SSSR count). The summed E-state index contributed by atoms with van der Waals surface area (Å²) in [6, 6.07) is 4.41. The van der Waals surface area contributed by atoms with Crippen LogP contribution in [0.4, 0.5) is 0 Å². The zero-order chi connectivity index (χ0) is 14.4. The predicted molar refractivity (Wildman–Crippen MR) is 85.7 cm³/mol. The summed E-state index contributed by atoms with van der Waals surface area (Å²) in [5, 5.41) is 0. The Bertz CT molecular complexity index is 398. The minimum absolute atomic E-state index is 0.846. The molecule has 0 saturated carbocycles. The second kappa shape index (κ2) is 7.68. The van der Waals surface area contributed by atoms with Gasteiger partial charge >= 0.3 is 0 Å². The maximum Gasteiger partial charge on any atom is 0.125 e. The largest absolute Gasteiger partial charge is 0.493 e. The van der Waals surface area contributed by atoms with E-state index in [4.69, 9.17) is 4.74 Å². The van der Waals surface area contributed by atoms with Gasteiger partial charge in [0.05, 0.1) is 6.61 Å². The van der Waals surface area contributed by atoms with Crippen LogP contribution in [0.25, 0.3) is 0 Å². The van der Waals surface area contributed by atoms with Gasteiger partial charge in [-0.1, -0.05) is 24.1 Å². The second-order valence-corrected chi connectivity index (χ2v) is 6.19. The van der Waals surface area contributed by atoms with E-state index in [-0.39, 0.29) is 0 Å². The molecule has 1 fully saturated rings. The van der Waals surface area contributed by atoms with Crippen molar-refractivity contribution in [2.75, 3.05) is 26.2 Å². The maximum absolute atomic E-state index is 5.99. The molecular weight excluding hydrogens is 246 g/mol. The van der Waals surface area contributed by atoms with E-state index in [1.54, 1.807) is 0 Å². The average molecular weight is 275 g/mol. The van der Waals surface area contributed by atoms with Crippen LogP contribution in [0.5, 0.6) is 5.75 Å². The summed E-state index contributed by atoms with van der Waals surface area (Å²) in [5.74, 6) is 1.09. The summed E-state index contributed by atoms with van der Waals surface area (Å²) in [6.07, 6.45) is 6.61. The first-order chi connectivity index (χ1) is 9.66. The summed E-state index contributed by atoms with van der Waals surface area (Å²) in [4.78, 5) is 2.60. The number of likely N-dealkylation sites (tertiary alicyclic amines) is 1. The van der Waals surface area contributed by atoms with Crippen molar-refractivity contribution < 1.29 is 4.74 Å². The number of rotatable bonds is 6. The van der Waals surface area contributed by atoms with Gasteiger partial charge in [-0.25, -0.2) is 0 Å². The average Bonchev–Trinajstić information content (AvgIpc) is 2.42. The van der Waals surface area contributed by atoms with Crippen LogP contribution in [-0.2, 0) is 0 Å². The molecule has 0 bridgehead atoms. The summed E-state index contributed by atoms with van der Waals surface area (Å²) >= 11 is 0. The van der Waals surface area contributed by atoms with Gasteiger partial charge in [-0.2, -0.15) is 0 Å². The minimum Gasteiger partial charge on any atom is -0.493 e. The lowest BCUT2D eigenvalue weighted by atomic mass is 10.1. The number of hydrogen-bond donors (Lipinski definition) is 0. The monoisotopic (exact) mass is 275 g/mol. The Kier molecular flexibility index (Phi) is 5.90. The summed E-state index contributed by atoms with van der Waals surface area (Å²) in [5.41, 5.74) is 3.84. The van der Waals surface area contributed by atoms with Gasteiger partial charge in [0.25, 0.3) is 0 Å². The number of aryl methyl sites for hydroxylation is 3. The summed E-state index contributed by atoms with van der Waals surface area (Å²) in [7, 11) is 0. The van der Waals surface area contributed by atoms with E-state index in [9.17, 15) is 0 Å². The first kappa shape index (κ1) is 15.4. The van der Waals surface area contributed by atoms with Gasteiger partial charge < -0.3 is 9.64 Å². The quantitative estimate of drug-likeness (QED) is 0.719. The lowest BCUT2D eigenvalue weighted by molar-refractivity contribution is 0.215. The Morgan fingerprint density at radius 3 is 2.25 bits per heavy atom. The van der Waals surface area contributed by atoms with E-state index >= 15 is 0 Å². The van der Waals surface area contributed by atoms with Crippen molar-refractivity contribution in [1.29, 1.82) is 0 Å². The van der Waals surface area contributed by atoms with Crippen molar-refractivity contribution in [2.24, 2.45) is 0 Å². The van der Waals surface area contributed by atoms with Crippen LogP contribution < -0.4 is 4.74 Å². The van der Waals surface area contributed by atoms with Crippen molar-refractivity contribution in [2.45, 2.75) is 52.9 Å². The van der Waals surface area contributed by atoms with Crippen molar-refractivity contribution in [3.63, 3.8) is 0 Å². The van der Waals surface area contributed by atoms with E-state index in [2.05, 4.69) is 37.8 Å². The van der Waals surface area contributed by atoms with E-state index in [0.717, 1.165) is 18.8 Å². The standard InChI is InChI=1S/C18H29NO/c1-15-13-16(2)18(17(3)14-15)20-12-8-7-11-19-9-5-4-6-10-19/h13-14H,4-12H2,1-3H3. The molecule has 1 heterocycles. The highest BCUT2D eigenvalue weighted by Gasteiger charge is 2.09. The molecule has 2 heteroatoms. The van der Waals surface area contributed by atoms with Crippen LogP contribution in [-0.4, -0.2) is 31.1 Å². The Balaban J connectivity index is 1.68. The Hall–Kier alpha value is -1.02. The maximum atomic E-state index is 5.99. The van der Waals surface area contributed by atoms with Crippen LogP contribution >= 0.6 is 0 Å². The molecule has 1 saturated heterocycles. The van der Waals surface area contributed by atoms with Gasteiger partial charge in [0.15, 0.2) is 0 Å². The topological polar surface area (TPSA) is 12.5 Å². The van der Waals surface area contributed by atoms with E-state index < -0.39 is 0 Å². The molecule has 0 amide bonds. The van der Waals surface area contributed by atoms with Crippen molar-refractivity contribution in [3.8, 4) is 5.75 Å². The molecular formula is C18H29NO. The van der Waals surface area contributed by atoms with Gasteiger partial charge in [0, 0.05) is 0 Å². The van der Waals surface area contributed by atoms with Crippen LogP contribution in [0.2, 0.25) is 0 Å². The van der Waals surface area contributed by atoms with Crippen molar-refractivity contribution in [1.82, 2.24) is 4.90 Å². The molecule has 1 aliphatic heterocycles. The number of unbranched alkanes of at least 4 members (excludes halogenated alkanes) is 1. The molecule has 20 heavy (non-hydrogen) atoms. The molecule has 1 aliphatic rings. The van der Waals surface area contributed by atoms with E-state index in [0.29, 0.717) is 0 Å². The third kappa shape index (κ3) is 4.52. The molecule has 0 N–H and O–H groups in total. The van der Waals surface area contributed by atoms with Crippen LogP contribution in [0.1, 0.15) is 48.8 Å². The van der Waals surface area contributed by atoms with Gasteiger partial charge in [-0.05, 0) is 77.2 Å². The zero-order valence-corrected chi connectivity index (χ0v) is 13.4. The summed E-state index contributed by atoms with van der Waals surface area (Å²) in [6.45, 7) is 11.1. The summed E-state index contributed by atoms with van der Waals surface area (Å²) < 4.78 is 5.99. The molecule has 1 aromatic rings. The van der Waals surface area contributed by atoms with Gasteiger partial charge in [0.1, 0.15) is 5.75 Å². The second-order valence-electron chi connectivity index (χ2n) is 6.19. The lowest BCUT2D eigenvalue weighted by Crippen LogP contribution is -2.30. The Morgan fingerprint density at radius 1 is 0.950 bits per heavy atom. The third-order valence-electron chi connectivity index (χ3n) is 4.17. The third-order valence-corrected chi connectivity index (χ3v) is 4.17. The smallest absolute Gasteiger partial charge is 0.125 e. The fourth-order valence-electron chi connectivity index (χ4n) is 3.19. The molecule has 112 valence electrons. The molecule has 2 nitrogen and oxygen atoms in total. The normalized spacial score (nSPS) is 16.4. The molecule has 0 atom stereocenters. The SMILES string of the molecule is Cc1cc(C)c(OCCCCN2CCCCC2)c(C)c1. The van der Waals surface area contributed by atoms with E-state index in [1.165, 1.54) is 62.0 Å². The van der Waals surface area contributed by atoms with Crippen LogP contribution in [0.15, 0.2) is 12.1 Å². The number of piperidine rings is 1. The zero-order valence-electron chi connectivity index (χ0n) is 13.4. The number of nitrogens with zero attached hydrogens (tertiary/aromatic N) is 1. The first-order valence-corrected chi connectivity index (χ1v) is 8.10. The van der Waals surface area contributed by atoms with Crippen LogP contribution in [0, 0.1) is 20.8 Å². The number of hydrogen-bond acceptors (Lipinski definition) is 2. The van der Waals surface area contributed by atoms with Gasteiger partial charge in [-0.15, -0.1) is 0 Å². The van der Waals surface area contributed by atoms with Gasteiger partial charge in [0.2, 0.25) is 0 Å². The molecule has 0 aliphatic carbocycles. The van der Waals surface area contributed by atoms with Crippen molar-refractivity contribution >= 4 is 0 Å².